The summed E-state index contributed by atoms with van der Waals surface area (Å²) in [6.45, 7) is 11.8. The van der Waals surface area contributed by atoms with Crippen LogP contribution >= 0.6 is 0 Å². The average molecular weight is 198 g/mol. The summed E-state index contributed by atoms with van der Waals surface area (Å²) in [6, 6.07) is 0. The van der Waals surface area contributed by atoms with E-state index in [4.69, 9.17) is 0 Å². The van der Waals surface area contributed by atoms with E-state index in [1.165, 1.54) is 45.3 Å². The predicted molar refractivity (Wildman–Crippen MR) is 62.7 cm³/mol. The molecule has 1 rings (SSSR count). The minimum Gasteiger partial charge on any atom is -0.311 e. The van der Waals surface area contributed by atoms with Crippen LogP contribution in [-0.2, 0) is 0 Å². The van der Waals surface area contributed by atoms with Gasteiger partial charge in [-0.1, -0.05) is 13.3 Å². The lowest BCUT2D eigenvalue weighted by Gasteiger charge is -2.30. The second kappa shape index (κ2) is 5.72. The summed E-state index contributed by atoms with van der Waals surface area (Å²) in [5, 5.41) is 3.61. The van der Waals surface area contributed by atoms with E-state index >= 15 is 0 Å². The molecule has 84 valence electrons. The fourth-order valence-corrected chi connectivity index (χ4v) is 1.86. The first kappa shape index (κ1) is 12.0. The van der Waals surface area contributed by atoms with Gasteiger partial charge in [-0.15, -0.1) is 0 Å². The highest BCUT2D eigenvalue weighted by molar-refractivity contribution is 4.76. The van der Waals surface area contributed by atoms with Crippen LogP contribution in [0.25, 0.3) is 0 Å². The molecule has 0 aromatic heterocycles. The predicted octanol–water partition coefficient (Wildman–Crippen LogP) is 2.25. The van der Waals surface area contributed by atoms with Crippen LogP contribution in [0.5, 0.6) is 0 Å². The van der Waals surface area contributed by atoms with Gasteiger partial charge in [0, 0.05) is 18.6 Å². The summed E-state index contributed by atoms with van der Waals surface area (Å²) in [7, 11) is 0. The average Bonchev–Trinajstić information content (AvgIpc) is 2.19. The maximum absolute atomic E-state index is 3.61. The van der Waals surface area contributed by atoms with E-state index in [-0.39, 0.29) is 0 Å². The molecule has 1 aliphatic heterocycles. The third-order valence-electron chi connectivity index (χ3n) is 3.36. The highest BCUT2D eigenvalue weighted by atomic mass is 15.1. The molecule has 1 heterocycles. The number of nitrogens with one attached hydrogen (secondary N) is 1. The molecule has 0 radical (unpaired) electrons. The SMILES string of the molecule is CCC(C)(C)NCCN1CCCCC1. The maximum Gasteiger partial charge on any atom is 0.0123 e. The van der Waals surface area contributed by atoms with Crippen molar-refractivity contribution in [2.24, 2.45) is 0 Å². The van der Waals surface area contributed by atoms with Gasteiger partial charge in [0.05, 0.1) is 0 Å². The van der Waals surface area contributed by atoms with Gasteiger partial charge in [0.15, 0.2) is 0 Å². The second-order valence-electron chi connectivity index (χ2n) is 5.07. The minimum absolute atomic E-state index is 0.315. The van der Waals surface area contributed by atoms with Crippen LogP contribution in [0.15, 0.2) is 0 Å². The van der Waals surface area contributed by atoms with Gasteiger partial charge in [-0.05, 0) is 46.2 Å². The molecule has 0 atom stereocenters. The van der Waals surface area contributed by atoms with E-state index in [1.807, 2.05) is 0 Å². The number of nitrogens with zero attached hydrogens (tertiary/aromatic N) is 1. The van der Waals surface area contributed by atoms with E-state index in [0.717, 1.165) is 6.54 Å². The quantitative estimate of drug-likeness (QED) is 0.729. The zero-order valence-electron chi connectivity index (χ0n) is 10.1. The molecule has 0 amide bonds. The van der Waals surface area contributed by atoms with Crippen LogP contribution in [0.4, 0.5) is 0 Å². The third kappa shape index (κ3) is 4.43. The molecule has 2 heteroatoms. The van der Waals surface area contributed by atoms with Crippen molar-refractivity contribution in [3.8, 4) is 0 Å². The smallest absolute Gasteiger partial charge is 0.0123 e. The molecule has 14 heavy (non-hydrogen) atoms. The molecule has 1 aliphatic rings. The monoisotopic (exact) mass is 198 g/mol. The lowest BCUT2D eigenvalue weighted by Crippen LogP contribution is -2.44. The molecule has 1 fully saturated rings. The fourth-order valence-electron chi connectivity index (χ4n) is 1.86. The van der Waals surface area contributed by atoms with Gasteiger partial charge in [-0.2, -0.15) is 0 Å². The van der Waals surface area contributed by atoms with Crippen molar-refractivity contribution in [2.75, 3.05) is 26.2 Å². The Bertz CT molecular complexity index is 148. The van der Waals surface area contributed by atoms with Crippen molar-refractivity contribution in [1.29, 1.82) is 0 Å². The van der Waals surface area contributed by atoms with Gasteiger partial charge in [0.25, 0.3) is 0 Å². The van der Waals surface area contributed by atoms with Gasteiger partial charge in [0.2, 0.25) is 0 Å². The van der Waals surface area contributed by atoms with Crippen molar-refractivity contribution >= 4 is 0 Å². The summed E-state index contributed by atoms with van der Waals surface area (Å²) < 4.78 is 0. The summed E-state index contributed by atoms with van der Waals surface area (Å²) in [6.07, 6.45) is 5.44. The first-order valence-corrected chi connectivity index (χ1v) is 6.11. The number of piperidine rings is 1. The number of hydrogen-bond donors (Lipinski definition) is 1. The Morgan fingerprint density at radius 1 is 1.14 bits per heavy atom. The Kier molecular flexibility index (Phi) is 4.90. The Hall–Kier alpha value is -0.0800. The molecular formula is C12H26N2. The van der Waals surface area contributed by atoms with Crippen molar-refractivity contribution in [1.82, 2.24) is 10.2 Å². The summed E-state index contributed by atoms with van der Waals surface area (Å²) in [5.41, 5.74) is 0.315. The number of likely N-dealkylation sites (tertiary alicyclic amines) is 1. The van der Waals surface area contributed by atoms with E-state index < -0.39 is 0 Å². The van der Waals surface area contributed by atoms with Gasteiger partial charge >= 0.3 is 0 Å². The summed E-state index contributed by atoms with van der Waals surface area (Å²) >= 11 is 0. The van der Waals surface area contributed by atoms with E-state index in [9.17, 15) is 0 Å². The Labute approximate surface area is 89.1 Å². The third-order valence-corrected chi connectivity index (χ3v) is 3.36. The molecule has 0 aromatic rings. The lowest BCUT2D eigenvalue weighted by molar-refractivity contribution is 0.219. The lowest BCUT2D eigenvalue weighted by atomic mass is 10.0. The first-order chi connectivity index (χ1) is 6.64. The van der Waals surface area contributed by atoms with Crippen molar-refractivity contribution in [3.63, 3.8) is 0 Å². The number of rotatable bonds is 5. The fraction of sp³-hybridized carbons (Fsp3) is 1.00. The molecule has 0 aromatic carbocycles. The van der Waals surface area contributed by atoms with Gasteiger partial charge in [0.1, 0.15) is 0 Å². The zero-order chi connectivity index (χ0) is 10.4. The Morgan fingerprint density at radius 2 is 1.79 bits per heavy atom. The largest absolute Gasteiger partial charge is 0.311 e. The van der Waals surface area contributed by atoms with E-state index in [1.54, 1.807) is 0 Å². The van der Waals surface area contributed by atoms with Gasteiger partial charge < -0.3 is 10.2 Å². The van der Waals surface area contributed by atoms with Crippen LogP contribution in [0.2, 0.25) is 0 Å². The molecule has 0 bridgehead atoms. The van der Waals surface area contributed by atoms with Crippen molar-refractivity contribution in [2.45, 2.75) is 52.0 Å². The second-order valence-corrected chi connectivity index (χ2v) is 5.07. The maximum atomic E-state index is 3.61. The van der Waals surface area contributed by atoms with Crippen LogP contribution in [0, 0.1) is 0 Å². The molecule has 2 nitrogen and oxygen atoms in total. The van der Waals surface area contributed by atoms with Crippen LogP contribution in [0.1, 0.15) is 46.5 Å². The van der Waals surface area contributed by atoms with Crippen molar-refractivity contribution in [3.05, 3.63) is 0 Å². The zero-order valence-corrected chi connectivity index (χ0v) is 10.1. The molecular weight excluding hydrogens is 172 g/mol. The Morgan fingerprint density at radius 3 is 2.36 bits per heavy atom. The van der Waals surface area contributed by atoms with E-state index in [2.05, 4.69) is 31.0 Å². The summed E-state index contributed by atoms with van der Waals surface area (Å²) in [4.78, 5) is 2.59. The van der Waals surface area contributed by atoms with Crippen LogP contribution in [0.3, 0.4) is 0 Å². The van der Waals surface area contributed by atoms with E-state index in [0.29, 0.717) is 5.54 Å². The number of hydrogen-bond acceptors (Lipinski definition) is 2. The molecule has 0 saturated carbocycles. The van der Waals surface area contributed by atoms with Gasteiger partial charge in [-0.25, -0.2) is 0 Å². The molecule has 1 N–H and O–H groups in total. The van der Waals surface area contributed by atoms with Gasteiger partial charge in [-0.3, -0.25) is 0 Å². The molecule has 0 aliphatic carbocycles. The normalized spacial score (nSPS) is 19.9. The Balaban J connectivity index is 2.08. The standard InChI is InChI=1S/C12H26N2/c1-4-12(2,3)13-8-11-14-9-6-5-7-10-14/h13H,4-11H2,1-3H3. The first-order valence-electron chi connectivity index (χ1n) is 6.11. The molecule has 0 spiro atoms. The highest BCUT2D eigenvalue weighted by Gasteiger charge is 2.14. The summed E-state index contributed by atoms with van der Waals surface area (Å²) in [5.74, 6) is 0. The van der Waals surface area contributed by atoms with Crippen LogP contribution < -0.4 is 5.32 Å². The molecule has 0 unspecified atom stereocenters. The highest BCUT2D eigenvalue weighted by Crippen LogP contribution is 2.09. The van der Waals surface area contributed by atoms with Crippen molar-refractivity contribution < 1.29 is 0 Å². The topological polar surface area (TPSA) is 15.3 Å². The molecule has 1 saturated heterocycles. The minimum atomic E-state index is 0.315. The van der Waals surface area contributed by atoms with Crippen LogP contribution in [-0.4, -0.2) is 36.6 Å².